The fourth-order valence-electron chi connectivity index (χ4n) is 2.91. The van der Waals surface area contributed by atoms with Gasteiger partial charge in [0, 0.05) is 11.8 Å². The highest BCUT2D eigenvalue weighted by Gasteiger charge is 2.29. The molecule has 1 unspecified atom stereocenters. The van der Waals surface area contributed by atoms with Gasteiger partial charge in [-0.05, 0) is 55.5 Å². The van der Waals surface area contributed by atoms with E-state index in [2.05, 4.69) is 5.32 Å². The minimum atomic E-state index is -3.96. The van der Waals surface area contributed by atoms with Gasteiger partial charge < -0.3 is 10.1 Å². The van der Waals surface area contributed by atoms with Gasteiger partial charge in [-0.15, -0.1) is 0 Å². The lowest BCUT2D eigenvalue weighted by Crippen LogP contribution is -2.45. The van der Waals surface area contributed by atoms with E-state index in [4.69, 9.17) is 4.74 Å². The van der Waals surface area contributed by atoms with Crippen molar-refractivity contribution in [3.05, 3.63) is 84.4 Å². The molecular formula is C22H20F2N2O4S. The molecule has 0 spiro atoms. The van der Waals surface area contributed by atoms with Crippen molar-refractivity contribution in [1.29, 1.82) is 0 Å². The number of amides is 1. The van der Waals surface area contributed by atoms with Gasteiger partial charge in [-0.2, -0.15) is 0 Å². The second-order valence-corrected chi connectivity index (χ2v) is 8.62. The molecule has 1 N–H and O–H groups in total. The molecule has 0 heterocycles. The molecule has 3 rings (SSSR count). The van der Waals surface area contributed by atoms with E-state index in [0.717, 1.165) is 28.8 Å². The third kappa shape index (κ3) is 5.58. The lowest BCUT2D eigenvalue weighted by Gasteiger charge is -2.28. The van der Waals surface area contributed by atoms with Gasteiger partial charge in [0.1, 0.15) is 17.5 Å². The van der Waals surface area contributed by atoms with E-state index in [1.807, 2.05) is 18.2 Å². The van der Waals surface area contributed by atoms with E-state index in [1.165, 1.54) is 6.92 Å². The van der Waals surface area contributed by atoms with Crippen molar-refractivity contribution in [2.75, 3.05) is 15.9 Å². The summed E-state index contributed by atoms with van der Waals surface area (Å²) in [6, 6.07) is 17.1. The zero-order chi connectivity index (χ0) is 22.6. The molecule has 0 aromatic heterocycles. The normalized spacial score (nSPS) is 12.1. The molecule has 31 heavy (non-hydrogen) atoms. The lowest BCUT2D eigenvalue weighted by atomic mass is 10.2. The molecule has 0 saturated carbocycles. The Kier molecular flexibility index (Phi) is 6.55. The van der Waals surface area contributed by atoms with Crippen molar-refractivity contribution in [2.24, 2.45) is 0 Å². The first kappa shape index (κ1) is 22.2. The summed E-state index contributed by atoms with van der Waals surface area (Å²) in [5, 5.41) is 2.61. The van der Waals surface area contributed by atoms with Gasteiger partial charge in [0.25, 0.3) is 0 Å². The molecule has 1 atom stereocenters. The average Bonchev–Trinajstić information content (AvgIpc) is 2.72. The van der Waals surface area contributed by atoms with Crippen LogP contribution in [0.3, 0.4) is 0 Å². The first-order valence-corrected chi connectivity index (χ1v) is 11.1. The van der Waals surface area contributed by atoms with E-state index < -0.39 is 33.6 Å². The number of carbonyl (C=O) groups is 1. The van der Waals surface area contributed by atoms with Gasteiger partial charge in [-0.1, -0.05) is 18.2 Å². The molecule has 9 heteroatoms. The summed E-state index contributed by atoms with van der Waals surface area (Å²) in [6.07, 6.45) is 0.883. The number of hydrogen-bond acceptors (Lipinski definition) is 4. The zero-order valence-corrected chi connectivity index (χ0v) is 17.6. The smallest absolute Gasteiger partial charge is 0.247 e. The van der Waals surface area contributed by atoms with E-state index >= 15 is 0 Å². The number of nitrogens with one attached hydrogen (secondary N) is 1. The molecule has 1 amide bonds. The summed E-state index contributed by atoms with van der Waals surface area (Å²) in [7, 11) is -3.96. The lowest BCUT2D eigenvalue weighted by molar-refractivity contribution is -0.116. The Hall–Kier alpha value is -3.46. The Morgan fingerprint density at radius 3 is 2.13 bits per heavy atom. The van der Waals surface area contributed by atoms with E-state index in [0.29, 0.717) is 17.2 Å². The van der Waals surface area contributed by atoms with Crippen LogP contribution in [-0.2, 0) is 14.8 Å². The summed E-state index contributed by atoms with van der Waals surface area (Å²) in [6.45, 7) is 1.35. The molecule has 3 aromatic rings. The number of hydrogen-bond donors (Lipinski definition) is 1. The summed E-state index contributed by atoms with van der Waals surface area (Å²) in [5.74, 6) is -1.77. The fraction of sp³-hybridized carbons (Fsp3) is 0.136. The predicted molar refractivity (Wildman–Crippen MR) is 115 cm³/mol. The number of sulfonamides is 1. The maximum Gasteiger partial charge on any atom is 0.247 e. The van der Waals surface area contributed by atoms with Crippen molar-refractivity contribution in [2.45, 2.75) is 13.0 Å². The maximum absolute atomic E-state index is 13.6. The quantitative estimate of drug-likeness (QED) is 0.578. The number of carbonyl (C=O) groups excluding carboxylic acids is 1. The molecule has 3 aromatic carbocycles. The molecule has 0 radical (unpaired) electrons. The number of nitrogens with zero attached hydrogens (tertiary/aromatic N) is 1. The highest BCUT2D eigenvalue weighted by molar-refractivity contribution is 7.92. The van der Waals surface area contributed by atoms with Gasteiger partial charge >= 0.3 is 0 Å². The Balaban J connectivity index is 1.75. The molecule has 0 bridgehead atoms. The minimum Gasteiger partial charge on any atom is -0.457 e. The summed E-state index contributed by atoms with van der Waals surface area (Å²) in [5.41, 5.74) is 0.256. The van der Waals surface area contributed by atoms with Crippen LogP contribution in [0.5, 0.6) is 11.5 Å². The Labute approximate surface area is 179 Å². The molecule has 162 valence electrons. The number of ether oxygens (including phenoxy) is 1. The van der Waals surface area contributed by atoms with Crippen molar-refractivity contribution in [3.8, 4) is 11.5 Å². The molecule has 6 nitrogen and oxygen atoms in total. The van der Waals surface area contributed by atoms with Gasteiger partial charge in [-0.3, -0.25) is 9.10 Å². The first-order chi connectivity index (χ1) is 14.6. The topological polar surface area (TPSA) is 75.7 Å². The Bertz CT molecular complexity index is 1170. The number of benzene rings is 3. The summed E-state index contributed by atoms with van der Waals surface area (Å²) < 4.78 is 57.8. The molecule has 0 fully saturated rings. The zero-order valence-electron chi connectivity index (χ0n) is 16.7. The van der Waals surface area contributed by atoms with Crippen molar-refractivity contribution < 1.29 is 26.7 Å². The second-order valence-electron chi connectivity index (χ2n) is 6.76. The Morgan fingerprint density at radius 1 is 0.935 bits per heavy atom. The molecule has 0 aliphatic carbocycles. The molecular weight excluding hydrogens is 426 g/mol. The number of halogens is 2. The first-order valence-electron chi connectivity index (χ1n) is 9.23. The third-order valence-electron chi connectivity index (χ3n) is 4.35. The number of anilines is 2. The highest BCUT2D eigenvalue weighted by Crippen LogP contribution is 2.25. The molecule has 0 saturated heterocycles. The monoisotopic (exact) mass is 446 g/mol. The van der Waals surface area contributed by atoms with E-state index in [1.54, 1.807) is 36.4 Å². The highest BCUT2D eigenvalue weighted by atomic mass is 32.2. The molecule has 0 aliphatic rings. The van der Waals surface area contributed by atoms with Crippen LogP contribution in [0.25, 0.3) is 0 Å². The van der Waals surface area contributed by atoms with Crippen LogP contribution >= 0.6 is 0 Å². The van der Waals surface area contributed by atoms with Crippen LogP contribution in [-0.4, -0.2) is 26.6 Å². The van der Waals surface area contributed by atoms with Gasteiger partial charge in [0.2, 0.25) is 15.9 Å². The van der Waals surface area contributed by atoms with Gasteiger partial charge in [-0.25, -0.2) is 17.2 Å². The number of para-hydroxylation sites is 1. The standard InChI is InChI=1S/C22H20F2N2O4S/c1-15(26(31(2,28)29)17-10-13-20(23)21(24)14-17)22(27)25-16-8-11-19(12-9-16)30-18-6-4-3-5-7-18/h3-15H,1-2H3,(H,25,27). The van der Waals surface area contributed by atoms with Crippen LogP contribution in [0.1, 0.15) is 6.92 Å². The molecule has 0 aliphatic heterocycles. The fourth-order valence-corrected chi connectivity index (χ4v) is 4.08. The van der Waals surface area contributed by atoms with Crippen molar-refractivity contribution in [3.63, 3.8) is 0 Å². The van der Waals surface area contributed by atoms with Crippen LogP contribution in [0.2, 0.25) is 0 Å². The Morgan fingerprint density at radius 2 is 1.55 bits per heavy atom. The minimum absolute atomic E-state index is 0.157. The van der Waals surface area contributed by atoms with Gasteiger partial charge in [0.15, 0.2) is 11.6 Å². The predicted octanol–water partition coefficient (Wildman–Crippen LogP) is 4.55. The van der Waals surface area contributed by atoms with Gasteiger partial charge in [0.05, 0.1) is 11.9 Å². The van der Waals surface area contributed by atoms with Crippen LogP contribution in [0.4, 0.5) is 20.2 Å². The summed E-state index contributed by atoms with van der Waals surface area (Å²) >= 11 is 0. The van der Waals surface area contributed by atoms with Crippen LogP contribution < -0.4 is 14.4 Å². The maximum atomic E-state index is 13.6. The van der Waals surface area contributed by atoms with Crippen molar-refractivity contribution in [1.82, 2.24) is 0 Å². The summed E-state index contributed by atoms with van der Waals surface area (Å²) in [4.78, 5) is 12.7. The van der Waals surface area contributed by atoms with Crippen LogP contribution in [0, 0.1) is 11.6 Å². The SMILES string of the molecule is CC(C(=O)Nc1ccc(Oc2ccccc2)cc1)N(c1ccc(F)c(F)c1)S(C)(=O)=O. The second kappa shape index (κ2) is 9.13. The van der Waals surface area contributed by atoms with Crippen molar-refractivity contribution >= 4 is 27.3 Å². The third-order valence-corrected chi connectivity index (χ3v) is 5.59. The van der Waals surface area contributed by atoms with E-state index in [9.17, 15) is 22.0 Å². The van der Waals surface area contributed by atoms with Crippen LogP contribution in [0.15, 0.2) is 72.8 Å². The van der Waals surface area contributed by atoms with E-state index in [-0.39, 0.29) is 5.69 Å². The largest absolute Gasteiger partial charge is 0.457 e. The average molecular weight is 446 g/mol. The number of rotatable bonds is 7.